The fraction of sp³-hybridized carbons (Fsp3) is 0.278. The van der Waals surface area contributed by atoms with Gasteiger partial charge in [-0.3, -0.25) is 0 Å². The van der Waals surface area contributed by atoms with E-state index in [-0.39, 0.29) is 11.9 Å². The van der Waals surface area contributed by atoms with Gasteiger partial charge in [-0.05, 0) is 42.8 Å². The van der Waals surface area contributed by atoms with Gasteiger partial charge in [-0.25, -0.2) is 9.07 Å². The second kappa shape index (κ2) is 6.60. The van der Waals surface area contributed by atoms with E-state index in [0.717, 1.165) is 23.6 Å². The summed E-state index contributed by atoms with van der Waals surface area (Å²) in [6, 6.07) is 12.3. The second-order valence-corrected chi connectivity index (χ2v) is 6.01. The van der Waals surface area contributed by atoms with Crippen molar-refractivity contribution in [2.75, 3.05) is 24.6 Å². The molecule has 1 aliphatic rings. The molecule has 1 saturated heterocycles. The molecule has 0 saturated carbocycles. The van der Waals surface area contributed by atoms with Gasteiger partial charge in [-0.2, -0.15) is 5.10 Å². The number of morpholine rings is 1. The Morgan fingerprint density at radius 2 is 1.96 bits per heavy atom. The molecule has 2 aromatic heterocycles. The zero-order valence-electron chi connectivity index (χ0n) is 13.8. The Bertz CT molecular complexity index is 864. The quantitative estimate of drug-likeness (QED) is 0.734. The van der Waals surface area contributed by atoms with Gasteiger partial charge in [0.1, 0.15) is 11.9 Å². The molecule has 128 valence electrons. The van der Waals surface area contributed by atoms with Gasteiger partial charge >= 0.3 is 0 Å². The summed E-state index contributed by atoms with van der Waals surface area (Å²) >= 11 is 0. The molecule has 3 aromatic rings. The Labute approximate surface area is 144 Å². The van der Waals surface area contributed by atoms with Crippen LogP contribution in [0.2, 0.25) is 0 Å². The van der Waals surface area contributed by atoms with Crippen molar-refractivity contribution in [3.05, 3.63) is 65.7 Å². The van der Waals surface area contributed by atoms with Crippen LogP contribution in [-0.2, 0) is 4.74 Å². The van der Waals surface area contributed by atoms with Crippen LogP contribution in [0, 0.1) is 12.7 Å². The SMILES string of the molecule is Cc1ccn(-c2ccc(N3CCOC(c4cccc(F)c4)C3)nn2)n1. The number of aromatic nitrogens is 4. The molecule has 0 amide bonds. The van der Waals surface area contributed by atoms with Gasteiger partial charge in [0.15, 0.2) is 11.6 Å². The van der Waals surface area contributed by atoms with Crippen LogP contribution in [0.5, 0.6) is 0 Å². The number of hydrogen-bond donors (Lipinski definition) is 0. The number of aryl methyl sites for hydroxylation is 1. The zero-order chi connectivity index (χ0) is 17.2. The molecule has 4 rings (SSSR count). The Morgan fingerprint density at radius 3 is 2.68 bits per heavy atom. The highest BCUT2D eigenvalue weighted by molar-refractivity contribution is 5.41. The summed E-state index contributed by atoms with van der Waals surface area (Å²) in [5.74, 6) is 1.20. The van der Waals surface area contributed by atoms with Crippen molar-refractivity contribution >= 4 is 5.82 Å². The topological polar surface area (TPSA) is 56.1 Å². The number of rotatable bonds is 3. The predicted octanol–water partition coefficient (Wildman–Crippen LogP) is 2.69. The van der Waals surface area contributed by atoms with Crippen molar-refractivity contribution in [3.63, 3.8) is 0 Å². The molecule has 1 atom stereocenters. The van der Waals surface area contributed by atoms with Crippen molar-refractivity contribution in [1.29, 1.82) is 0 Å². The van der Waals surface area contributed by atoms with Gasteiger partial charge in [0.2, 0.25) is 0 Å². The highest BCUT2D eigenvalue weighted by atomic mass is 19.1. The van der Waals surface area contributed by atoms with Crippen LogP contribution in [0.4, 0.5) is 10.2 Å². The van der Waals surface area contributed by atoms with E-state index in [9.17, 15) is 4.39 Å². The monoisotopic (exact) mass is 339 g/mol. The molecule has 3 heterocycles. The largest absolute Gasteiger partial charge is 0.370 e. The van der Waals surface area contributed by atoms with Crippen LogP contribution in [0.25, 0.3) is 5.82 Å². The van der Waals surface area contributed by atoms with Crippen LogP contribution in [-0.4, -0.2) is 39.7 Å². The minimum Gasteiger partial charge on any atom is -0.370 e. The predicted molar refractivity (Wildman–Crippen MR) is 91.2 cm³/mol. The minimum atomic E-state index is -0.253. The third-order valence-corrected chi connectivity index (χ3v) is 4.20. The lowest BCUT2D eigenvalue weighted by atomic mass is 10.1. The van der Waals surface area contributed by atoms with Crippen LogP contribution in [0.3, 0.4) is 0 Å². The molecule has 0 spiro atoms. The fourth-order valence-corrected chi connectivity index (χ4v) is 2.92. The molecule has 7 heteroatoms. The molecule has 1 fully saturated rings. The van der Waals surface area contributed by atoms with E-state index in [2.05, 4.69) is 20.2 Å². The molecule has 0 bridgehead atoms. The van der Waals surface area contributed by atoms with E-state index < -0.39 is 0 Å². The van der Waals surface area contributed by atoms with Crippen molar-refractivity contribution in [1.82, 2.24) is 20.0 Å². The normalized spacial score (nSPS) is 17.7. The van der Waals surface area contributed by atoms with E-state index in [1.807, 2.05) is 37.4 Å². The van der Waals surface area contributed by atoms with Crippen molar-refractivity contribution in [2.45, 2.75) is 13.0 Å². The molecule has 6 nitrogen and oxygen atoms in total. The fourth-order valence-electron chi connectivity index (χ4n) is 2.92. The summed E-state index contributed by atoms with van der Waals surface area (Å²) in [5.41, 5.74) is 1.76. The van der Waals surface area contributed by atoms with Gasteiger partial charge < -0.3 is 9.64 Å². The number of anilines is 1. The molecule has 25 heavy (non-hydrogen) atoms. The first-order valence-electron chi connectivity index (χ1n) is 8.17. The Kier molecular flexibility index (Phi) is 4.15. The summed E-state index contributed by atoms with van der Waals surface area (Å²) in [4.78, 5) is 2.10. The Hall–Kier alpha value is -2.80. The van der Waals surface area contributed by atoms with Crippen LogP contribution in [0.15, 0.2) is 48.7 Å². The first-order chi connectivity index (χ1) is 12.2. The summed E-state index contributed by atoms with van der Waals surface area (Å²) in [6.45, 7) is 3.82. The van der Waals surface area contributed by atoms with E-state index >= 15 is 0 Å². The van der Waals surface area contributed by atoms with E-state index in [1.54, 1.807) is 10.7 Å². The highest BCUT2D eigenvalue weighted by Gasteiger charge is 2.23. The summed E-state index contributed by atoms with van der Waals surface area (Å²) in [6.07, 6.45) is 1.67. The molecule has 0 radical (unpaired) electrons. The second-order valence-electron chi connectivity index (χ2n) is 6.01. The minimum absolute atomic E-state index is 0.181. The van der Waals surface area contributed by atoms with Crippen LogP contribution in [0.1, 0.15) is 17.4 Å². The maximum atomic E-state index is 13.4. The smallest absolute Gasteiger partial charge is 0.175 e. The van der Waals surface area contributed by atoms with Crippen molar-refractivity contribution < 1.29 is 9.13 Å². The van der Waals surface area contributed by atoms with Gasteiger partial charge in [-0.1, -0.05) is 12.1 Å². The first-order valence-corrected chi connectivity index (χ1v) is 8.17. The summed E-state index contributed by atoms with van der Waals surface area (Å²) in [7, 11) is 0. The standard InChI is InChI=1S/C18H18FN5O/c1-13-7-8-24(22-13)18-6-5-17(20-21-18)23-9-10-25-16(12-23)14-3-2-4-15(19)11-14/h2-8,11,16H,9-10,12H2,1H3. The number of hydrogen-bond acceptors (Lipinski definition) is 5. The third-order valence-electron chi connectivity index (χ3n) is 4.20. The summed E-state index contributed by atoms with van der Waals surface area (Å²) < 4.78 is 20.9. The zero-order valence-corrected chi connectivity index (χ0v) is 13.8. The van der Waals surface area contributed by atoms with Crippen LogP contribution >= 0.6 is 0 Å². The van der Waals surface area contributed by atoms with Crippen molar-refractivity contribution in [3.8, 4) is 5.82 Å². The number of halogens is 1. The molecule has 0 N–H and O–H groups in total. The molecule has 1 aliphatic heterocycles. The molecule has 0 aliphatic carbocycles. The third kappa shape index (κ3) is 3.36. The molecule has 1 unspecified atom stereocenters. The van der Waals surface area contributed by atoms with Crippen molar-refractivity contribution in [2.24, 2.45) is 0 Å². The van der Waals surface area contributed by atoms with Crippen LogP contribution < -0.4 is 4.90 Å². The molecule has 1 aromatic carbocycles. The lowest BCUT2D eigenvalue weighted by Crippen LogP contribution is -2.39. The lowest BCUT2D eigenvalue weighted by molar-refractivity contribution is 0.0393. The van der Waals surface area contributed by atoms with Gasteiger partial charge in [-0.15, -0.1) is 10.2 Å². The summed E-state index contributed by atoms with van der Waals surface area (Å²) in [5, 5.41) is 12.9. The van der Waals surface area contributed by atoms with Gasteiger partial charge in [0.25, 0.3) is 0 Å². The van der Waals surface area contributed by atoms with Gasteiger partial charge in [0, 0.05) is 19.3 Å². The number of ether oxygens (including phenoxy) is 1. The number of benzene rings is 1. The lowest BCUT2D eigenvalue weighted by Gasteiger charge is -2.33. The Balaban J connectivity index is 1.51. The van der Waals surface area contributed by atoms with E-state index in [0.29, 0.717) is 19.0 Å². The molecular weight excluding hydrogens is 321 g/mol. The van der Waals surface area contributed by atoms with Gasteiger partial charge in [0.05, 0.1) is 12.3 Å². The number of nitrogens with zero attached hydrogens (tertiary/aromatic N) is 5. The van der Waals surface area contributed by atoms with E-state index in [1.165, 1.54) is 12.1 Å². The Morgan fingerprint density at radius 1 is 1.12 bits per heavy atom. The average molecular weight is 339 g/mol. The maximum absolute atomic E-state index is 13.4. The molecular formula is C18H18FN5O. The average Bonchev–Trinajstić information content (AvgIpc) is 3.08. The first kappa shape index (κ1) is 15.7. The van der Waals surface area contributed by atoms with E-state index in [4.69, 9.17) is 4.74 Å². The highest BCUT2D eigenvalue weighted by Crippen LogP contribution is 2.25. The maximum Gasteiger partial charge on any atom is 0.175 e.